The van der Waals surface area contributed by atoms with Crippen molar-refractivity contribution in [3.63, 3.8) is 0 Å². The van der Waals surface area contributed by atoms with E-state index >= 15 is 0 Å². The average Bonchev–Trinajstić information content (AvgIpc) is 3.32. The van der Waals surface area contributed by atoms with Gasteiger partial charge in [0.1, 0.15) is 16.9 Å². The lowest BCUT2D eigenvalue weighted by Crippen LogP contribution is -2.24. The zero-order chi connectivity index (χ0) is 26.9. The summed E-state index contributed by atoms with van der Waals surface area (Å²) in [6.45, 7) is 8.26. The Morgan fingerprint density at radius 1 is 0.947 bits per heavy atom. The standard InChI is InChI=1S/C33H32N2O3/c1-21-9-11-28(22(2)15-21)29-8-6-5-7-25(29)20-35-32(36)18-24-10-12-30-26(17-24)19-31(38-30)33(4,37)27-13-14-34-23(3)16-27/h5-17,19,37H,18,20H2,1-4H3,(H,35,36)/t33-/m0/s1. The van der Waals surface area contributed by atoms with Crippen molar-refractivity contribution in [1.29, 1.82) is 0 Å². The van der Waals surface area contributed by atoms with Crippen LogP contribution in [0.1, 0.15) is 46.2 Å². The van der Waals surface area contributed by atoms with Gasteiger partial charge in [-0.2, -0.15) is 0 Å². The van der Waals surface area contributed by atoms with Crippen molar-refractivity contribution < 1.29 is 14.3 Å². The Kier molecular flexibility index (Phi) is 6.87. The lowest BCUT2D eigenvalue weighted by Gasteiger charge is -2.21. The molecule has 2 N–H and O–H groups in total. The van der Waals surface area contributed by atoms with Crippen molar-refractivity contribution in [1.82, 2.24) is 10.3 Å². The number of hydrogen-bond donors (Lipinski definition) is 2. The first-order chi connectivity index (χ1) is 18.2. The summed E-state index contributed by atoms with van der Waals surface area (Å²) in [5, 5.41) is 15.2. The number of nitrogens with one attached hydrogen (secondary N) is 1. The van der Waals surface area contributed by atoms with Crippen molar-refractivity contribution in [3.05, 3.63) is 124 Å². The van der Waals surface area contributed by atoms with Crippen LogP contribution in [0.5, 0.6) is 0 Å². The highest BCUT2D eigenvalue weighted by atomic mass is 16.4. The first-order valence-electron chi connectivity index (χ1n) is 12.8. The second-order valence-corrected chi connectivity index (χ2v) is 10.2. The van der Waals surface area contributed by atoms with Gasteiger partial charge in [-0.25, -0.2) is 0 Å². The molecule has 5 rings (SSSR count). The second kappa shape index (κ2) is 10.3. The number of amides is 1. The monoisotopic (exact) mass is 504 g/mol. The maximum absolute atomic E-state index is 12.9. The van der Waals surface area contributed by atoms with Gasteiger partial charge in [0.25, 0.3) is 0 Å². The lowest BCUT2D eigenvalue weighted by atomic mass is 9.93. The summed E-state index contributed by atoms with van der Waals surface area (Å²) in [7, 11) is 0. The van der Waals surface area contributed by atoms with Gasteiger partial charge in [-0.3, -0.25) is 9.78 Å². The topological polar surface area (TPSA) is 75.4 Å². The fourth-order valence-electron chi connectivity index (χ4n) is 4.93. The smallest absolute Gasteiger partial charge is 0.224 e. The Morgan fingerprint density at radius 2 is 1.76 bits per heavy atom. The summed E-state index contributed by atoms with van der Waals surface area (Å²) < 4.78 is 5.99. The maximum Gasteiger partial charge on any atom is 0.224 e. The molecule has 1 amide bonds. The van der Waals surface area contributed by atoms with E-state index in [1.165, 1.54) is 16.7 Å². The highest BCUT2D eigenvalue weighted by molar-refractivity contribution is 5.83. The first-order valence-corrected chi connectivity index (χ1v) is 12.8. The van der Waals surface area contributed by atoms with Gasteiger partial charge in [-0.1, -0.05) is 54.1 Å². The number of carbonyl (C=O) groups excluding carboxylic acids is 1. The van der Waals surface area contributed by atoms with Crippen molar-refractivity contribution in [3.8, 4) is 11.1 Å². The SMILES string of the molecule is Cc1ccc(-c2ccccc2CNC(=O)Cc2ccc3oc([C@@](C)(O)c4ccnc(C)c4)cc3c2)c(C)c1. The van der Waals surface area contributed by atoms with Crippen LogP contribution in [0.3, 0.4) is 0 Å². The molecule has 0 fully saturated rings. The highest BCUT2D eigenvalue weighted by Gasteiger charge is 2.30. The number of rotatable bonds is 7. The fourth-order valence-corrected chi connectivity index (χ4v) is 4.93. The van der Waals surface area contributed by atoms with E-state index in [0.29, 0.717) is 23.5 Å². The number of carbonyl (C=O) groups is 1. The minimum Gasteiger partial charge on any atom is -0.458 e. The Morgan fingerprint density at radius 3 is 2.55 bits per heavy atom. The van der Waals surface area contributed by atoms with Crippen molar-refractivity contribution in [2.45, 2.75) is 46.3 Å². The van der Waals surface area contributed by atoms with Gasteiger partial charge in [0.2, 0.25) is 5.91 Å². The van der Waals surface area contributed by atoms with Gasteiger partial charge in [0, 0.05) is 23.8 Å². The molecule has 2 heterocycles. The molecule has 0 radical (unpaired) electrons. The van der Waals surface area contributed by atoms with Gasteiger partial charge in [0.15, 0.2) is 0 Å². The van der Waals surface area contributed by atoms with E-state index in [1.807, 2.05) is 49.4 Å². The van der Waals surface area contributed by atoms with Crippen LogP contribution in [0.4, 0.5) is 0 Å². The van der Waals surface area contributed by atoms with Crippen LogP contribution in [0.15, 0.2) is 89.5 Å². The number of hydrogen-bond acceptors (Lipinski definition) is 4. The number of furan rings is 1. The molecule has 5 aromatic rings. The number of fused-ring (bicyclic) bond motifs is 1. The quantitative estimate of drug-likeness (QED) is 0.264. The zero-order valence-corrected chi connectivity index (χ0v) is 22.2. The van der Waals surface area contributed by atoms with Gasteiger partial charge in [-0.15, -0.1) is 0 Å². The number of pyridine rings is 1. The molecular formula is C33H32N2O3. The molecular weight excluding hydrogens is 472 g/mol. The van der Waals surface area contributed by atoms with E-state index in [4.69, 9.17) is 4.42 Å². The van der Waals surface area contributed by atoms with E-state index in [1.54, 1.807) is 19.2 Å². The molecule has 0 aliphatic heterocycles. The number of benzene rings is 3. The molecule has 5 heteroatoms. The zero-order valence-electron chi connectivity index (χ0n) is 22.2. The van der Waals surface area contributed by atoms with Gasteiger partial charge in [0.05, 0.1) is 6.42 Å². The van der Waals surface area contributed by atoms with Crippen LogP contribution in [-0.4, -0.2) is 16.0 Å². The van der Waals surface area contributed by atoms with Crippen LogP contribution in [0.2, 0.25) is 0 Å². The number of aryl methyl sites for hydroxylation is 3. The number of nitrogens with zero attached hydrogens (tertiary/aromatic N) is 1. The van der Waals surface area contributed by atoms with Gasteiger partial charge < -0.3 is 14.8 Å². The summed E-state index contributed by atoms with van der Waals surface area (Å²) in [5.41, 5.74) is 7.62. The van der Waals surface area contributed by atoms with Crippen LogP contribution < -0.4 is 5.32 Å². The number of aromatic nitrogens is 1. The summed E-state index contributed by atoms with van der Waals surface area (Å²) in [6.07, 6.45) is 1.93. The molecule has 0 aliphatic carbocycles. The molecule has 38 heavy (non-hydrogen) atoms. The Balaban J connectivity index is 1.30. The maximum atomic E-state index is 12.9. The fraction of sp³-hybridized carbons (Fsp3) is 0.212. The Bertz CT molecular complexity index is 1630. The predicted molar refractivity (Wildman–Crippen MR) is 151 cm³/mol. The van der Waals surface area contributed by atoms with Crippen LogP contribution in [0.25, 0.3) is 22.1 Å². The Hall–Kier alpha value is -4.22. The lowest BCUT2D eigenvalue weighted by molar-refractivity contribution is -0.120. The van der Waals surface area contributed by atoms with Crippen LogP contribution in [-0.2, 0) is 23.4 Å². The molecule has 3 aromatic carbocycles. The first kappa shape index (κ1) is 25.4. The molecule has 0 unspecified atom stereocenters. The largest absolute Gasteiger partial charge is 0.458 e. The molecule has 0 spiro atoms. The minimum atomic E-state index is -1.30. The number of aliphatic hydroxyl groups is 1. The predicted octanol–water partition coefficient (Wildman–Crippen LogP) is 6.53. The minimum absolute atomic E-state index is 0.0530. The van der Waals surface area contributed by atoms with Crippen LogP contribution >= 0.6 is 0 Å². The van der Waals surface area contributed by atoms with Gasteiger partial charge >= 0.3 is 0 Å². The molecule has 2 aromatic heterocycles. The van der Waals surface area contributed by atoms with Crippen molar-refractivity contribution in [2.24, 2.45) is 0 Å². The molecule has 1 atom stereocenters. The van der Waals surface area contributed by atoms with E-state index in [9.17, 15) is 9.90 Å². The average molecular weight is 505 g/mol. The third kappa shape index (κ3) is 5.24. The molecule has 192 valence electrons. The summed E-state index contributed by atoms with van der Waals surface area (Å²) in [5.74, 6) is 0.394. The highest BCUT2D eigenvalue weighted by Crippen LogP contribution is 2.34. The van der Waals surface area contributed by atoms with Crippen LogP contribution in [0, 0.1) is 20.8 Å². The van der Waals surface area contributed by atoms with E-state index in [0.717, 1.165) is 27.8 Å². The molecule has 0 saturated carbocycles. The normalized spacial score (nSPS) is 12.9. The molecule has 0 bridgehead atoms. The molecule has 0 aliphatic rings. The summed E-state index contributed by atoms with van der Waals surface area (Å²) in [4.78, 5) is 17.1. The van der Waals surface area contributed by atoms with E-state index in [-0.39, 0.29) is 12.3 Å². The van der Waals surface area contributed by atoms with E-state index in [2.05, 4.69) is 54.5 Å². The second-order valence-electron chi connectivity index (χ2n) is 10.2. The summed E-state index contributed by atoms with van der Waals surface area (Å²) >= 11 is 0. The third-order valence-corrected chi connectivity index (χ3v) is 7.05. The third-order valence-electron chi connectivity index (χ3n) is 7.05. The molecule has 5 nitrogen and oxygen atoms in total. The van der Waals surface area contributed by atoms with Gasteiger partial charge in [-0.05, 0) is 91.4 Å². The summed E-state index contributed by atoms with van der Waals surface area (Å²) in [6, 6.07) is 25.8. The Labute approximate surface area is 223 Å². The molecule has 0 saturated heterocycles. The van der Waals surface area contributed by atoms with Crippen molar-refractivity contribution >= 4 is 16.9 Å². The van der Waals surface area contributed by atoms with E-state index < -0.39 is 5.60 Å². The van der Waals surface area contributed by atoms with Crippen molar-refractivity contribution in [2.75, 3.05) is 0 Å².